The number of rotatable bonds is 4. The molecule has 0 aliphatic rings. The Labute approximate surface area is 139 Å². The average Bonchev–Trinajstić information content (AvgIpc) is 2.69. The Balaban J connectivity index is 2.28. The van der Waals surface area contributed by atoms with Crippen LogP contribution in [0.2, 0.25) is 10.3 Å². The van der Waals surface area contributed by atoms with Crippen LogP contribution in [0.4, 0.5) is 0 Å². The molecule has 0 aliphatic heterocycles. The van der Waals surface area contributed by atoms with Crippen molar-refractivity contribution in [2.75, 3.05) is 0 Å². The fraction of sp³-hybridized carbons (Fsp3) is 0.400. The van der Waals surface area contributed by atoms with Crippen molar-refractivity contribution in [3.63, 3.8) is 0 Å². The zero-order valence-corrected chi connectivity index (χ0v) is 14.5. The van der Waals surface area contributed by atoms with Gasteiger partial charge in [-0.2, -0.15) is 5.10 Å². The second kappa shape index (κ2) is 6.67. The zero-order chi connectivity index (χ0) is 16.4. The highest BCUT2D eigenvalue weighted by molar-refractivity contribution is 6.34. The summed E-state index contributed by atoms with van der Waals surface area (Å²) in [5.74, 6) is -0.274. The smallest absolute Gasteiger partial charge is 0.254 e. The molecule has 5 nitrogen and oxygen atoms in total. The van der Waals surface area contributed by atoms with E-state index in [0.717, 1.165) is 23.4 Å². The molecule has 2 rings (SSSR count). The number of hydrogen-bond donors (Lipinski definition) is 1. The summed E-state index contributed by atoms with van der Waals surface area (Å²) >= 11 is 11.7. The Morgan fingerprint density at radius 3 is 2.55 bits per heavy atom. The van der Waals surface area contributed by atoms with E-state index in [-0.39, 0.29) is 22.3 Å². The molecule has 0 saturated carbocycles. The van der Waals surface area contributed by atoms with Crippen LogP contribution in [0.15, 0.2) is 12.1 Å². The topological polar surface area (TPSA) is 59.8 Å². The minimum absolute atomic E-state index is 0.0967. The summed E-state index contributed by atoms with van der Waals surface area (Å²) in [6.45, 7) is 5.94. The van der Waals surface area contributed by atoms with Crippen LogP contribution in [0.5, 0.6) is 0 Å². The van der Waals surface area contributed by atoms with E-state index in [1.807, 2.05) is 32.5 Å². The van der Waals surface area contributed by atoms with Crippen LogP contribution in [-0.4, -0.2) is 20.7 Å². The van der Waals surface area contributed by atoms with Gasteiger partial charge in [-0.25, -0.2) is 4.98 Å². The van der Waals surface area contributed by atoms with Gasteiger partial charge in [0.1, 0.15) is 10.3 Å². The van der Waals surface area contributed by atoms with E-state index in [1.165, 1.54) is 0 Å². The Hall–Kier alpha value is -1.59. The molecule has 7 heteroatoms. The van der Waals surface area contributed by atoms with Crippen molar-refractivity contribution >= 4 is 29.1 Å². The van der Waals surface area contributed by atoms with Crippen molar-refractivity contribution in [3.05, 3.63) is 45.0 Å². The van der Waals surface area contributed by atoms with Gasteiger partial charge < -0.3 is 5.32 Å². The van der Waals surface area contributed by atoms with Crippen LogP contribution < -0.4 is 5.32 Å². The minimum atomic E-state index is -0.274. The lowest BCUT2D eigenvalue weighted by Gasteiger charge is -2.18. The molecule has 2 aromatic rings. The predicted molar refractivity (Wildman–Crippen MR) is 87.4 cm³/mol. The van der Waals surface area contributed by atoms with Gasteiger partial charge in [0, 0.05) is 18.3 Å². The summed E-state index contributed by atoms with van der Waals surface area (Å²) in [4.78, 5) is 16.3. The first kappa shape index (κ1) is 16.8. The highest BCUT2D eigenvalue weighted by Crippen LogP contribution is 2.25. The van der Waals surface area contributed by atoms with Crippen molar-refractivity contribution in [2.24, 2.45) is 7.05 Å². The van der Waals surface area contributed by atoms with Gasteiger partial charge in [-0.05, 0) is 32.4 Å². The third kappa shape index (κ3) is 3.25. The van der Waals surface area contributed by atoms with E-state index in [9.17, 15) is 4.79 Å². The Bertz CT molecular complexity index is 712. The Morgan fingerprint density at radius 1 is 1.36 bits per heavy atom. The molecule has 0 spiro atoms. The molecule has 2 heterocycles. The van der Waals surface area contributed by atoms with E-state index in [0.29, 0.717) is 5.56 Å². The summed E-state index contributed by atoms with van der Waals surface area (Å²) in [6.07, 6.45) is 0.748. The number of pyridine rings is 1. The molecule has 0 aromatic carbocycles. The van der Waals surface area contributed by atoms with E-state index in [4.69, 9.17) is 23.2 Å². The molecule has 0 aliphatic carbocycles. The van der Waals surface area contributed by atoms with Crippen LogP contribution in [0.25, 0.3) is 0 Å². The van der Waals surface area contributed by atoms with Crippen LogP contribution >= 0.6 is 23.2 Å². The lowest BCUT2D eigenvalue weighted by Crippen LogP contribution is -2.29. The highest BCUT2D eigenvalue weighted by atomic mass is 35.5. The largest absolute Gasteiger partial charge is 0.345 e. The fourth-order valence-electron chi connectivity index (χ4n) is 2.49. The van der Waals surface area contributed by atoms with E-state index in [1.54, 1.807) is 12.1 Å². The van der Waals surface area contributed by atoms with Gasteiger partial charge in [0.05, 0.1) is 17.3 Å². The maximum Gasteiger partial charge on any atom is 0.254 e. The second-order valence-corrected chi connectivity index (χ2v) is 5.86. The van der Waals surface area contributed by atoms with E-state index < -0.39 is 0 Å². The third-order valence-corrected chi connectivity index (χ3v) is 4.19. The van der Waals surface area contributed by atoms with Crippen molar-refractivity contribution in [1.82, 2.24) is 20.1 Å². The summed E-state index contributed by atoms with van der Waals surface area (Å²) in [6, 6.07) is 2.99. The van der Waals surface area contributed by atoms with Crippen LogP contribution in [-0.2, 0) is 7.05 Å². The third-order valence-electron chi connectivity index (χ3n) is 3.69. The van der Waals surface area contributed by atoms with Crippen molar-refractivity contribution in [1.29, 1.82) is 0 Å². The number of aromatic nitrogens is 3. The van der Waals surface area contributed by atoms with Crippen molar-refractivity contribution in [3.8, 4) is 0 Å². The average molecular weight is 341 g/mol. The van der Waals surface area contributed by atoms with Gasteiger partial charge in [-0.3, -0.25) is 9.48 Å². The summed E-state index contributed by atoms with van der Waals surface area (Å²) in [7, 11) is 1.89. The highest BCUT2D eigenvalue weighted by Gasteiger charge is 2.22. The molecular formula is C15H18Cl2N4O. The number of nitrogens with one attached hydrogen (secondary N) is 1. The van der Waals surface area contributed by atoms with Crippen LogP contribution in [0, 0.1) is 13.8 Å². The van der Waals surface area contributed by atoms with Gasteiger partial charge in [0.25, 0.3) is 5.91 Å². The van der Waals surface area contributed by atoms with Crippen LogP contribution in [0.3, 0.4) is 0 Å². The molecule has 1 amide bonds. The maximum atomic E-state index is 12.4. The molecule has 0 radical (unpaired) electrons. The summed E-state index contributed by atoms with van der Waals surface area (Å²) in [5.41, 5.74) is 3.29. The molecule has 22 heavy (non-hydrogen) atoms. The molecule has 0 fully saturated rings. The predicted octanol–water partition coefficient (Wildman–Crippen LogP) is 3.62. The first-order valence-corrected chi connectivity index (χ1v) is 7.73. The molecule has 1 N–H and O–H groups in total. The maximum absolute atomic E-state index is 12.4. The number of hydrogen-bond acceptors (Lipinski definition) is 3. The number of nitrogens with zero attached hydrogens (tertiary/aromatic N) is 3. The van der Waals surface area contributed by atoms with Gasteiger partial charge >= 0.3 is 0 Å². The van der Waals surface area contributed by atoms with Gasteiger partial charge in [-0.1, -0.05) is 30.1 Å². The molecule has 0 bridgehead atoms. The number of halogens is 2. The standard InChI is InChI=1S/C15H18Cl2N4O/c1-5-11(13-8(2)20-21(4)9(13)3)18-15(22)10-6-7-12(16)19-14(10)17/h6-7,11H,5H2,1-4H3,(H,18,22)/t11-/m1/s1. The molecule has 0 unspecified atom stereocenters. The lowest BCUT2D eigenvalue weighted by atomic mass is 10.0. The lowest BCUT2D eigenvalue weighted by molar-refractivity contribution is 0.0935. The fourth-order valence-corrected chi connectivity index (χ4v) is 2.92. The minimum Gasteiger partial charge on any atom is -0.345 e. The Morgan fingerprint density at radius 2 is 2.05 bits per heavy atom. The number of aryl methyl sites for hydroxylation is 2. The van der Waals surface area contributed by atoms with Crippen LogP contribution in [0.1, 0.15) is 46.7 Å². The number of carbonyl (C=O) groups excluding carboxylic acids is 1. The quantitative estimate of drug-likeness (QED) is 0.864. The first-order chi connectivity index (χ1) is 10.3. The monoisotopic (exact) mass is 340 g/mol. The molecule has 0 saturated heterocycles. The SMILES string of the molecule is CC[C@@H](NC(=O)c1ccc(Cl)nc1Cl)c1c(C)nn(C)c1C. The van der Waals surface area contributed by atoms with Gasteiger partial charge in [-0.15, -0.1) is 0 Å². The molecule has 2 aromatic heterocycles. The molecular weight excluding hydrogens is 323 g/mol. The number of carbonyl (C=O) groups is 1. The molecule has 1 atom stereocenters. The number of amides is 1. The van der Waals surface area contributed by atoms with Gasteiger partial charge in [0.2, 0.25) is 0 Å². The van der Waals surface area contributed by atoms with E-state index in [2.05, 4.69) is 15.4 Å². The first-order valence-electron chi connectivity index (χ1n) is 6.98. The normalized spacial score (nSPS) is 12.3. The van der Waals surface area contributed by atoms with Crippen molar-refractivity contribution < 1.29 is 4.79 Å². The second-order valence-electron chi connectivity index (χ2n) is 5.11. The Kier molecular flexibility index (Phi) is 5.08. The van der Waals surface area contributed by atoms with Crippen molar-refractivity contribution in [2.45, 2.75) is 33.2 Å². The zero-order valence-electron chi connectivity index (χ0n) is 12.9. The summed E-state index contributed by atoms with van der Waals surface area (Å²) in [5, 5.41) is 7.75. The molecule has 118 valence electrons. The summed E-state index contributed by atoms with van der Waals surface area (Å²) < 4.78 is 1.82. The van der Waals surface area contributed by atoms with Gasteiger partial charge in [0.15, 0.2) is 0 Å². The van der Waals surface area contributed by atoms with E-state index >= 15 is 0 Å².